The van der Waals surface area contributed by atoms with E-state index in [2.05, 4.69) is 0 Å². The van der Waals surface area contributed by atoms with E-state index in [1.165, 1.54) is 13.0 Å². The number of nitrogens with zero attached hydrogens (tertiary/aromatic N) is 1. The highest BCUT2D eigenvalue weighted by atomic mass is 35.5. The minimum atomic E-state index is -0.643. The van der Waals surface area contributed by atoms with Crippen LogP contribution in [0.4, 0.5) is 0 Å². The van der Waals surface area contributed by atoms with Crippen molar-refractivity contribution < 1.29 is 14.4 Å². The highest BCUT2D eigenvalue weighted by Gasteiger charge is 2.44. The van der Waals surface area contributed by atoms with Crippen LogP contribution in [-0.4, -0.2) is 27.9 Å². The zero-order valence-corrected chi connectivity index (χ0v) is 16.3. The van der Waals surface area contributed by atoms with Gasteiger partial charge in [-0.3, -0.25) is 4.79 Å². The third-order valence-corrected chi connectivity index (χ3v) is 5.00. The van der Waals surface area contributed by atoms with E-state index in [0.29, 0.717) is 10.6 Å². The van der Waals surface area contributed by atoms with Crippen LogP contribution in [0.25, 0.3) is 6.08 Å². The van der Waals surface area contributed by atoms with Gasteiger partial charge < -0.3 is 4.84 Å². The van der Waals surface area contributed by atoms with Gasteiger partial charge in [0.15, 0.2) is 5.78 Å². The quantitative estimate of drug-likeness (QED) is 0.437. The fourth-order valence-electron chi connectivity index (χ4n) is 3.41. The molecule has 136 valence electrons. The molecule has 4 nitrogen and oxygen atoms in total. The van der Waals surface area contributed by atoms with Gasteiger partial charge in [-0.25, -0.2) is 4.79 Å². The summed E-state index contributed by atoms with van der Waals surface area (Å²) in [5.74, 6) is -0.993. The topological polar surface area (TPSA) is 46.6 Å². The van der Waals surface area contributed by atoms with Crippen molar-refractivity contribution >= 4 is 29.4 Å². The Morgan fingerprint density at radius 1 is 1.12 bits per heavy atom. The molecule has 1 saturated heterocycles. The lowest BCUT2D eigenvalue weighted by atomic mass is 9.82. The second-order valence-electron chi connectivity index (χ2n) is 7.79. The van der Waals surface area contributed by atoms with Gasteiger partial charge in [-0.1, -0.05) is 29.8 Å². The number of rotatable bonds is 4. The summed E-state index contributed by atoms with van der Waals surface area (Å²) < 4.78 is 0. The van der Waals surface area contributed by atoms with Crippen LogP contribution in [0.2, 0.25) is 5.02 Å². The Morgan fingerprint density at radius 3 is 2.20 bits per heavy atom. The molecule has 0 aromatic heterocycles. The second-order valence-corrected chi connectivity index (χ2v) is 8.19. The van der Waals surface area contributed by atoms with E-state index >= 15 is 0 Å². The first-order chi connectivity index (χ1) is 11.5. The van der Waals surface area contributed by atoms with E-state index < -0.39 is 5.97 Å². The molecule has 2 rings (SSSR count). The normalized spacial score (nSPS) is 20.2. The zero-order chi connectivity index (χ0) is 18.8. The summed E-state index contributed by atoms with van der Waals surface area (Å²) in [5.41, 5.74) is 0.0293. The standard InChI is InChI=1S/C20H26ClNO3/c1-14(23)16(13-15-9-6-7-10-17(15)21)18(24)25-22-19(2,3)11-8-12-20(22,4)5/h6-7,9-10,13H,8,11-12H2,1-5H3/b16-13-. The molecule has 1 aromatic carbocycles. The average Bonchev–Trinajstić information content (AvgIpc) is 2.49. The molecule has 0 unspecified atom stereocenters. The lowest BCUT2D eigenvalue weighted by Crippen LogP contribution is -2.59. The first-order valence-electron chi connectivity index (χ1n) is 8.54. The molecular formula is C20H26ClNO3. The number of hydrogen-bond donors (Lipinski definition) is 0. The molecule has 0 atom stereocenters. The van der Waals surface area contributed by atoms with Crippen molar-refractivity contribution in [2.24, 2.45) is 0 Å². The lowest BCUT2D eigenvalue weighted by molar-refractivity contribution is -0.262. The predicted molar refractivity (Wildman–Crippen MR) is 100 cm³/mol. The Labute approximate surface area is 154 Å². The highest BCUT2D eigenvalue weighted by Crippen LogP contribution is 2.38. The minimum Gasteiger partial charge on any atom is -0.363 e. The molecule has 1 aromatic rings. The highest BCUT2D eigenvalue weighted by molar-refractivity contribution is 6.32. The molecule has 1 aliphatic heterocycles. The minimum absolute atomic E-state index is 0.00901. The number of carbonyl (C=O) groups is 2. The summed E-state index contributed by atoms with van der Waals surface area (Å²) in [6.07, 6.45) is 4.42. The van der Waals surface area contributed by atoms with Crippen LogP contribution in [-0.2, 0) is 14.4 Å². The Kier molecular flexibility index (Phi) is 5.75. The molecule has 0 spiro atoms. The molecule has 1 heterocycles. The number of carbonyl (C=O) groups excluding carboxylic acids is 2. The van der Waals surface area contributed by atoms with Crippen LogP contribution in [0, 0.1) is 0 Å². The number of Topliss-reactive ketones (excluding diaryl/α,β-unsaturated/α-hetero) is 1. The van der Waals surface area contributed by atoms with E-state index in [1.807, 2.05) is 27.7 Å². The van der Waals surface area contributed by atoms with Crippen molar-refractivity contribution in [1.29, 1.82) is 0 Å². The van der Waals surface area contributed by atoms with Gasteiger partial charge in [0.2, 0.25) is 0 Å². The largest absolute Gasteiger partial charge is 0.363 e. The molecular weight excluding hydrogens is 338 g/mol. The molecule has 0 bridgehead atoms. The van der Waals surface area contributed by atoms with Gasteiger partial charge in [0, 0.05) is 5.02 Å². The summed E-state index contributed by atoms with van der Waals surface area (Å²) in [6, 6.07) is 7.07. The number of hydrogen-bond acceptors (Lipinski definition) is 4. The number of piperidine rings is 1. The number of hydroxylamine groups is 2. The van der Waals surface area contributed by atoms with Gasteiger partial charge in [-0.2, -0.15) is 0 Å². The fourth-order valence-corrected chi connectivity index (χ4v) is 3.60. The Bertz CT molecular complexity index is 691. The van der Waals surface area contributed by atoms with E-state index in [9.17, 15) is 9.59 Å². The Balaban J connectivity index is 2.32. The Hall–Kier alpha value is -1.65. The summed E-state index contributed by atoms with van der Waals surface area (Å²) in [4.78, 5) is 30.5. The van der Waals surface area contributed by atoms with Crippen molar-refractivity contribution in [2.75, 3.05) is 0 Å². The van der Waals surface area contributed by atoms with Crippen LogP contribution < -0.4 is 0 Å². The van der Waals surface area contributed by atoms with Crippen molar-refractivity contribution in [3.05, 3.63) is 40.4 Å². The van der Waals surface area contributed by atoms with Crippen LogP contribution in [0.3, 0.4) is 0 Å². The van der Waals surface area contributed by atoms with Crippen molar-refractivity contribution in [2.45, 2.75) is 65.0 Å². The molecule has 1 aliphatic rings. The first-order valence-corrected chi connectivity index (χ1v) is 8.92. The molecule has 0 radical (unpaired) electrons. The van der Waals surface area contributed by atoms with Crippen molar-refractivity contribution in [3.63, 3.8) is 0 Å². The van der Waals surface area contributed by atoms with Gasteiger partial charge in [-0.05, 0) is 71.6 Å². The van der Waals surface area contributed by atoms with Crippen LogP contribution >= 0.6 is 11.6 Å². The van der Waals surface area contributed by atoms with E-state index in [4.69, 9.17) is 16.4 Å². The molecule has 25 heavy (non-hydrogen) atoms. The first kappa shape index (κ1) is 19.7. The monoisotopic (exact) mass is 363 g/mol. The van der Waals surface area contributed by atoms with Gasteiger partial charge >= 0.3 is 5.97 Å². The van der Waals surface area contributed by atoms with Crippen LogP contribution in [0.5, 0.6) is 0 Å². The van der Waals surface area contributed by atoms with E-state index in [-0.39, 0.29) is 22.4 Å². The van der Waals surface area contributed by atoms with Crippen molar-refractivity contribution in [1.82, 2.24) is 5.06 Å². The number of ketones is 1. The lowest BCUT2D eigenvalue weighted by Gasteiger charge is -2.50. The number of benzene rings is 1. The molecule has 5 heteroatoms. The van der Waals surface area contributed by atoms with Crippen LogP contribution in [0.1, 0.15) is 59.4 Å². The van der Waals surface area contributed by atoms with E-state index in [1.54, 1.807) is 29.3 Å². The SMILES string of the molecule is CC(=O)/C(=C/c1ccccc1Cl)C(=O)ON1C(C)(C)CCCC1(C)C. The van der Waals surface area contributed by atoms with Gasteiger partial charge in [0.05, 0.1) is 11.1 Å². The maximum atomic E-state index is 12.7. The van der Waals surface area contributed by atoms with Gasteiger partial charge in [0.1, 0.15) is 5.57 Å². The Morgan fingerprint density at radius 2 is 1.68 bits per heavy atom. The molecule has 0 aliphatic carbocycles. The predicted octanol–water partition coefficient (Wildman–Crippen LogP) is 4.81. The van der Waals surface area contributed by atoms with Crippen molar-refractivity contribution in [3.8, 4) is 0 Å². The summed E-state index contributed by atoms with van der Waals surface area (Å²) in [5, 5.41) is 2.22. The zero-order valence-electron chi connectivity index (χ0n) is 15.6. The molecule has 0 saturated carbocycles. The summed E-state index contributed by atoms with van der Waals surface area (Å²) >= 11 is 6.14. The summed E-state index contributed by atoms with van der Waals surface area (Å²) in [7, 11) is 0. The maximum absolute atomic E-state index is 12.7. The molecule has 0 N–H and O–H groups in total. The molecule has 1 fully saturated rings. The van der Waals surface area contributed by atoms with Gasteiger partial charge in [0.25, 0.3) is 0 Å². The van der Waals surface area contributed by atoms with Crippen LogP contribution in [0.15, 0.2) is 29.8 Å². The second kappa shape index (κ2) is 7.30. The number of halogens is 1. The summed E-state index contributed by atoms with van der Waals surface area (Å²) in [6.45, 7) is 9.55. The smallest absolute Gasteiger partial charge is 0.360 e. The average molecular weight is 364 g/mol. The third-order valence-electron chi connectivity index (χ3n) is 4.66. The maximum Gasteiger partial charge on any atom is 0.360 e. The third kappa shape index (κ3) is 4.50. The molecule has 0 amide bonds. The van der Waals surface area contributed by atoms with E-state index in [0.717, 1.165) is 19.3 Å². The van der Waals surface area contributed by atoms with Gasteiger partial charge in [-0.15, -0.1) is 5.06 Å². The fraction of sp³-hybridized carbons (Fsp3) is 0.500.